The number of aryl methyl sites for hydroxylation is 1. The molecule has 0 aliphatic rings. The molecule has 1 rings (SSSR count). The Morgan fingerprint density at radius 2 is 2.29 bits per heavy atom. The van der Waals surface area contributed by atoms with E-state index in [1.165, 1.54) is 6.07 Å². The molecule has 1 aromatic carbocycles. The summed E-state index contributed by atoms with van der Waals surface area (Å²) in [4.78, 5) is 10.1. The van der Waals surface area contributed by atoms with Crippen LogP contribution >= 0.6 is 15.9 Å². The van der Waals surface area contributed by atoms with Gasteiger partial charge in [0.2, 0.25) is 0 Å². The number of rotatable bonds is 2. The van der Waals surface area contributed by atoms with Gasteiger partial charge in [-0.1, -0.05) is 22.0 Å². The maximum atomic E-state index is 10.6. The first-order valence-corrected chi connectivity index (χ1v) is 4.96. The summed E-state index contributed by atoms with van der Waals surface area (Å²) in [5.41, 5.74) is 1.45. The van der Waals surface area contributed by atoms with Crippen molar-refractivity contribution in [3.63, 3.8) is 0 Å². The monoisotopic (exact) mass is 254 g/mol. The molecular formula is C9H7BrN2O2. The average molecular weight is 255 g/mol. The summed E-state index contributed by atoms with van der Waals surface area (Å²) in [6.45, 7) is 1.76. The van der Waals surface area contributed by atoms with Crippen LogP contribution in [0.15, 0.2) is 12.1 Å². The van der Waals surface area contributed by atoms with Gasteiger partial charge in [-0.25, -0.2) is 0 Å². The second-order valence-electron chi connectivity index (χ2n) is 2.82. The van der Waals surface area contributed by atoms with Gasteiger partial charge in [0.15, 0.2) is 0 Å². The molecule has 0 aliphatic carbocycles. The van der Waals surface area contributed by atoms with E-state index < -0.39 is 4.92 Å². The molecule has 0 atom stereocenters. The molecule has 4 nitrogen and oxygen atoms in total. The zero-order valence-electron chi connectivity index (χ0n) is 7.45. The first kappa shape index (κ1) is 10.7. The Morgan fingerprint density at radius 1 is 1.64 bits per heavy atom. The predicted molar refractivity (Wildman–Crippen MR) is 55.2 cm³/mol. The van der Waals surface area contributed by atoms with Crippen molar-refractivity contribution in [1.82, 2.24) is 0 Å². The summed E-state index contributed by atoms with van der Waals surface area (Å²) in [6, 6.07) is 5.02. The van der Waals surface area contributed by atoms with Gasteiger partial charge >= 0.3 is 0 Å². The van der Waals surface area contributed by atoms with E-state index in [0.29, 0.717) is 10.9 Å². The SMILES string of the molecule is Cc1cc(CBr)c(C#N)c([N+](=O)[O-])c1. The molecule has 0 heterocycles. The number of benzene rings is 1. The van der Waals surface area contributed by atoms with E-state index in [0.717, 1.165) is 5.56 Å². The fourth-order valence-corrected chi connectivity index (χ4v) is 1.66. The maximum absolute atomic E-state index is 10.6. The highest BCUT2D eigenvalue weighted by Gasteiger charge is 2.17. The zero-order chi connectivity index (χ0) is 10.7. The Bertz CT molecular complexity index is 424. The standard InChI is InChI=1S/C9H7BrN2O2/c1-6-2-7(4-10)8(5-11)9(3-6)12(13)14/h2-3H,4H2,1H3. The highest BCUT2D eigenvalue weighted by Crippen LogP contribution is 2.25. The summed E-state index contributed by atoms with van der Waals surface area (Å²) >= 11 is 3.19. The van der Waals surface area contributed by atoms with Crippen LogP contribution in [0.5, 0.6) is 0 Å². The Kier molecular flexibility index (Phi) is 3.20. The van der Waals surface area contributed by atoms with Crippen molar-refractivity contribution in [2.24, 2.45) is 0 Å². The number of nitro benzene ring substituents is 1. The van der Waals surface area contributed by atoms with Crippen molar-refractivity contribution in [3.05, 3.63) is 38.9 Å². The molecular weight excluding hydrogens is 248 g/mol. The van der Waals surface area contributed by atoms with E-state index in [4.69, 9.17) is 5.26 Å². The Labute approximate surface area is 89.4 Å². The highest BCUT2D eigenvalue weighted by atomic mass is 79.9. The Hall–Kier alpha value is -1.41. The molecule has 5 heteroatoms. The normalized spacial score (nSPS) is 9.50. The van der Waals surface area contributed by atoms with Gasteiger partial charge in [-0.15, -0.1) is 0 Å². The van der Waals surface area contributed by atoms with E-state index in [9.17, 15) is 10.1 Å². The van der Waals surface area contributed by atoms with Crippen molar-refractivity contribution in [3.8, 4) is 6.07 Å². The minimum absolute atomic E-state index is 0.123. The van der Waals surface area contributed by atoms with Crippen molar-refractivity contribution in [2.45, 2.75) is 12.3 Å². The van der Waals surface area contributed by atoms with Gasteiger partial charge in [0, 0.05) is 11.4 Å². The van der Waals surface area contributed by atoms with Gasteiger partial charge in [0.25, 0.3) is 5.69 Å². The number of nitrogens with zero attached hydrogens (tertiary/aromatic N) is 2. The van der Waals surface area contributed by atoms with E-state index in [-0.39, 0.29) is 11.3 Å². The lowest BCUT2D eigenvalue weighted by Gasteiger charge is -2.02. The maximum Gasteiger partial charge on any atom is 0.287 e. The van der Waals surface area contributed by atoms with Crippen molar-refractivity contribution >= 4 is 21.6 Å². The molecule has 1 aromatic rings. The van der Waals surface area contributed by atoms with Gasteiger partial charge in [-0.2, -0.15) is 5.26 Å². The topological polar surface area (TPSA) is 66.9 Å². The van der Waals surface area contributed by atoms with Crippen LogP contribution in [0.1, 0.15) is 16.7 Å². The summed E-state index contributed by atoms with van der Waals surface area (Å²) in [6.07, 6.45) is 0. The molecule has 0 amide bonds. The molecule has 0 radical (unpaired) electrons. The van der Waals surface area contributed by atoms with E-state index in [2.05, 4.69) is 15.9 Å². The minimum atomic E-state index is -0.530. The number of hydrogen-bond acceptors (Lipinski definition) is 3. The van der Waals surface area contributed by atoms with Crippen LogP contribution in [-0.2, 0) is 5.33 Å². The molecule has 0 aromatic heterocycles. The quantitative estimate of drug-likeness (QED) is 0.463. The van der Waals surface area contributed by atoms with Crippen LogP contribution in [0.3, 0.4) is 0 Å². The molecule has 0 bridgehead atoms. The minimum Gasteiger partial charge on any atom is -0.258 e. The number of alkyl halides is 1. The highest BCUT2D eigenvalue weighted by molar-refractivity contribution is 9.08. The van der Waals surface area contributed by atoms with Crippen molar-refractivity contribution < 1.29 is 4.92 Å². The Morgan fingerprint density at radius 3 is 2.71 bits per heavy atom. The second-order valence-corrected chi connectivity index (χ2v) is 3.38. The summed E-state index contributed by atoms with van der Waals surface area (Å²) in [7, 11) is 0. The lowest BCUT2D eigenvalue weighted by Crippen LogP contribution is -1.97. The number of nitriles is 1. The lowest BCUT2D eigenvalue weighted by molar-refractivity contribution is -0.385. The van der Waals surface area contributed by atoms with Gasteiger partial charge < -0.3 is 0 Å². The zero-order valence-corrected chi connectivity index (χ0v) is 9.04. The van der Waals surface area contributed by atoms with E-state index >= 15 is 0 Å². The molecule has 0 unspecified atom stereocenters. The van der Waals surface area contributed by atoms with Crippen LogP contribution < -0.4 is 0 Å². The number of hydrogen-bond donors (Lipinski definition) is 0. The van der Waals surface area contributed by atoms with Gasteiger partial charge in [0.05, 0.1) is 4.92 Å². The third-order valence-electron chi connectivity index (χ3n) is 1.80. The molecule has 14 heavy (non-hydrogen) atoms. The van der Waals surface area contributed by atoms with E-state index in [1.54, 1.807) is 13.0 Å². The van der Waals surface area contributed by atoms with Crippen LogP contribution in [0.4, 0.5) is 5.69 Å². The lowest BCUT2D eigenvalue weighted by atomic mass is 10.0. The summed E-state index contributed by atoms with van der Waals surface area (Å²) < 4.78 is 0. The largest absolute Gasteiger partial charge is 0.287 e. The van der Waals surface area contributed by atoms with Crippen LogP contribution in [0.25, 0.3) is 0 Å². The first-order chi connectivity index (χ1) is 6.60. The fraction of sp³-hybridized carbons (Fsp3) is 0.222. The van der Waals surface area contributed by atoms with Crippen LogP contribution in [0.2, 0.25) is 0 Å². The summed E-state index contributed by atoms with van der Waals surface area (Å²) in [5, 5.41) is 19.9. The van der Waals surface area contributed by atoms with Crippen LogP contribution in [-0.4, -0.2) is 4.92 Å². The summed E-state index contributed by atoms with van der Waals surface area (Å²) in [5.74, 6) is 0. The molecule has 0 aliphatic heterocycles. The third-order valence-corrected chi connectivity index (χ3v) is 2.40. The number of nitro groups is 1. The molecule has 0 saturated heterocycles. The van der Waals surface area contributed by atoms with Crippen molar-refractivity contribution in [1.29, 1.82) is 5.26 Å². The molecule has 0 fully saturated rings. The predicted octanol–water partition coefficient (Wildman–Crippen LogP) is 2.67. The second kappa shape index (κ2) is 4.20. The fourth-order valence-electron chi connectivity index (χ4n) is 1.22. The number of halogens is 1. The van der Waals surface area contributed by atoms with Crippen molar-refractivity contribution in [2.75, 3.05) is 0 Å². The van der Waals surface area contributed by atoms with Gasteiger partial charge in [0.1, 0.15) is 11.6 Å². The molecule has 0 saturated carbocycles. The van der Waals surface area contributed by atoms with Gasteiger partial charge in [-0.3, -0.25) is 10.1 Å². The molecule has 0 spiro atoms. The third kappa shape index (κ3) is 1.91. The van der Waals surface area contributed by atoms with E-state index in [1.807, 2.05) is 6.07 Å². The van der Waals surface area contributed by atoms with Crippen LogP contribution in [0, 0.1) is 28.4 Å². The average Bonchev–Trinajstić information content (AvgIpc) is 2.16. The van der Waals surface area contributed by atoms with Gasteiger partial charge in [-0.05, 0) is 18.1 Å². The molecule has 72 valence electrons. The first-order valence-electron chi connectivity index (χ1n) is 3.84. The Balaban J connectivity index is 3.49. The molecule has 0 N–H and O–H groups in total. The smallest absolute Gasteiger partial charge is 0.258 e.